The summed E-state index contributed by atoms with van der Waals surface area (Å²) in [6.45, 7) is 10.8. The average Bonchev–Trinajstić information content (AvgIpc) is 3.51. The summed E-state index contributed by atoms with van der Waals surface area (Å²) >= 11 is 0. The van der Waals surface area contributed by atoms with Gasteiger partial charge in [0, 0.05) is 29.9 Å². The van der Waals surface area contributed by atoms with Gasteiger partial charge < -0.3 is 25.3 Å². The highest BCUT2D eigenvalue weighted by molar-refractivity contribution is 5.88. The van der Waals surface area contributed by atoms with Gasteiger partial charge in [0.1, 0.15) is 29.8 Å². The zero-order chi connectivity index (χ0) is 25.9. The van der Waals surface area contributed by atoms with E-state index in [1.165, 1.54) is 40.8 Å². The Kier molecular flexibility index (Phi) is 5.69. The van der Waals surface area contributed by atoms with Crippen LogP contribution >= 0.6 is 0 Å². The summed E-state index contributed by atoms with van der Waals surface area (Å²) in [5.41, 5.74) is 7.55. The predicted molar refractivity (Wildman–Crippen MR) is 150 cm³/mol. The van der Waals surface area contributed by atoms with E-state index in [4.69, 9.17) is 14.7 Å². The van der Waals surface area contributed by atoms with Crippen LogP contribution in [0.4, 0.5) is 11.6 Å². The average molecular weight is 512 g/mol. The summed E-state index contributed by atoms with van der Waals surface area (Å²) in [6.07, 6.45) is 7.73. The molecule has 1 unspecified atom stereocenters. The van der Waals surface area contributed by atoms with Crippen molar-refractivity contribution in [2.75, 3.05) is 36.5 Å². The molecule has 0 spiro atoms. The minimum Gasteiger partial charge on any atom is -0.491 e. The summed E-state index contributed by atoms with van der Waals surface area (Å²) in [5, 5.41) is 7.08. The number of H-pyrrole nitrogens is 1. The van der Waals surface area contributed by atoms with Crippen LogP contribution < -0.4 is 20.3 Å². The minimum atomic E-state index is 0.260. The molecule has 1 atom stereocenters. The predicted octanol–water partition coefficient (Wildman–Crippen LogP) is 4.81. The lowest BCUT2D eigenvalue weighted by molar-refractivity contribution is 0.310. The lowest BCUT2D eigenvalue weighted by atomic mass is 9.76. The van der Waals surface area contributed by atoms with E-state index in [9.17, 15) is 0 Å². The fraction of sp³-hybridized carbons (Fsp3) is 0.500. The van der Waals surface area contributed by atoms with Gasteiger partial charge in [-0.15, -0.1) is 0 Å². The van der Waals surface area contributed by atoms with Crippen molar-refractivity contribution in [1.82, 2.24) is 25.3 Å². The SMILES string of the molecule is Cc1nc2c([nH]1)C=C(c1ccc3c(c1)CN(c1nc(C4CCCN4)nc4c1CC(C)(C)CC4)CCO3)CN2. The van der Waals surface area contributed by atoms with E-state index in [0.29, 0.717) is 6.61 Å². The van der Waals surface area contributed by atoms with Crippen LogP contribution in [0.1, 0.15) is 78.9 Å². The Morgan fingerprint density at radius 1 is 1.16 bits per heavy atom. The molecular formula is C30H37N7O. The Labute approximate surface area is 224 Å². The number of rotatable bonds is 3. The van der Waals surface area contributed by atoms with Gasteiger partial charge in [0.25, 0.3) is 0 Å². The summed E-state index contributed by atoms with van der Waals surface area (Å²) in [6, 6.07) is 6.87. The van der Waals surface area contributed by atoms with Gasteiger partial charge in [0.05, 0.1) is 18.3 Å². The minimum absolute atomic E-state index is 0.260. The van der Waals surface area contributed by atoms with Gasteiger partial charge in [-0.05, 0) is 80.3 Å². The molecule has 2 aromatic heterocycles. The highest BCUT2D eigenvalue weighted by Gasteiger charge is 2.33. The molecule has 3 N–H and O–H groups in total. The molecule has 0 amide bonds. The quantitative estimate of drug-likeness (QED) is 0.465. The molecule has 1 fully saturated rings. The lowest BCUT2D eigenvalue weighted by Gasteiger charge is -2.34. The van der Waals surface area contributed by atoms with E-state index in [0.717, 1.165) is 80.2 Å². The molecule has 198 valence electrons. The Balaban J connectivity index is 1.25. The van der Waals surface area contributed by atoms with Crippen molar-refractivity contribution in [1.29, 1.82) is 0 Å². The molecule has 7 rings (SSSR count). The first-order chi connectivity index (χ1) is 18.4. The first kappa shape index (κ1) is 23.7. The molecule has 3 aromatic rings. The van der Waals surface area contributed by atoms with E-state index < -0.39 is 0 Å². The molecule has 3 aliphatic heterocycles. The Morgan fingerprint density at radius 3 is 2.95 bits per heavy atom. The van der Waals surface area contributed by atoms with Crippen LogP contribution in [0.3, 0.4) is 0 Å². The third kappa shape index (κ3) is 4.34. The number of hydrogen-bond acceptors (Lipinski definition) is 7. The highest BCUT2D eigenvalue weighted by Crippen LogP contribution is 2.40. The van der Waals surface area contributed by atoms with Gasteiger partial charge in [0.15, 0.2) is 5.82 Å². The first-order valence-electron chi connectivity index (χ1n) is 14.1. The zero-order valence-corrected chi connectivity index (χ0v) is 22.7. The molecule has 8 nitrogen and oxygen atoms in total. The molecule has 8 heteroatoms. The van der Waals surface area contributed by atoms with Gasteiger partial charge in [0.2, 0.25) is 0 Å². The first-order valence-corrected chi connectivity index (χ1v) is 14.1. The summed E-state index contributed by atoms with van der Waals surface area (Å²) in [4.78, 5) is 20.7. The van der Waals surface area contributed by atoms with Crippen LogP contribution in [0.2, 0.25) is 0 Å². The van der Waals surface area contributed by atoms with Gasteiger partial charge in [-0.3, -0.25) is 0 Å². The summed E-state index contributed by atoms with van der Waals surface area (Å²) < 4.78 is 6.27. The molecule has 0 saturated carbocycles. The topological polar surface area (TPSA) is 91.0 Å². The molecule has 1 aliphatic carbocycles. The second-order valence-corrected chi connectivity index (χ2v) is 12.0. The number of aryl methyl sites for hydroxylation is 2. The largest absolute Gasteiger partial charge is 0.491 e. The molecule has 0 radical (unpaired) electrons. The highest BCUT2D eigenvalue weighted by atomic mass is 16.5. The lowest BCUT2D eigenvalue weighted by Crippen LogP contribution is -2.32. The van der Waals surface area contributed by atoms with Crippen LogP contribution in [0.5, 0.6) is 5.75 Å². The molecule has 1 aromatic carbocycles. The maximum atomic E-state index is 6.27. The van der Waals surface area contributed by atoms with Gasteiger partial charge >= 0.3 is 0 Å². The number of aromatic amines is 1. The Hall–Kier alpha value is -3.39. The van der Waals surface area contributed by atoms with Gasteiger partial charge in [-0.25, -0.2) is 15.0 Å². The van der Waals surface area contributed by atoms with E-state index in [1.807, 2.05) is 6.92 Å². The van der Waals surface area contributed by atoms with Crippen molar-refractivity contribution < 1.29 is 4.74 Å². The summed E-state index contributed by atoms with van der Waals surface area (Å²) in [5.74, 6) is 4.91. The number of anilines is 2. The van der Waals surface area contributed by atoms with Crippen LogP contribution in [0.15, 0.2) is 18.2 Å². The number of fused-ring (bicyclic) bond motifs is 3. The van der Waals surface area contributed by atoms with Crippen LogP contribution in [-0.2, 0) is 19.4 Å². The Morgan fingerprint density at radius 2 is 2.08 bits per heavy atom. The smallest absolute Gasteiger partial charge is 0.152 e. The van der Waals surface area contributed by atoms with Crippen molar-refractivity contribution in [3.8, 4) is 5.75 Å². The van der Waals surface area contributed by atoms with Crippen molar-refractivity contribution >= 4 is 23.3 Å². The van der Waals surface area contributed by atoms with Gasteiger partial charge in [-0.2, -0.15) is 0 Å². The second kappa shape index (κ2) is 9.12. The van der Waals surface area contributed by atoms with E-state index >= 15 is 0 Å². The van der Waals surface area contributed by atoms with E-state index in [2.05, 4.69) is 63.6 Å². The van der Waals surface area contributed by atoms with Crippen molar-refractivity contribution in [3.05, 3.63) is 57.9 Å². The normalized spacial score (nSPS) is 21.9. The van der Waals surface area contributed by atoms with Crippen molar-refractivity contribution in [3.63, 3.8) is 0 Å². The molecule has 1 saturated heterocycles. The monoisotopic (exact) mass is 511 g/mol. The van der Waals surface area contributed by atoms with Crippen LogP contribution in [-0.4, -0.2) is 46.2 Å². The third-order valence-electron chi connectivity index (χ3n) is 8.48. The van der Waals surface area contributed by atoms with Gasteiger partial charge in [-0.1, -0.05) is 19.9 Å². The van der Waals surface area contributed by atoms with Crippen molar-refractivity contribution in [2.45, 2.75) is 65.5 Å². The van der Waals surface area contributed by atoms with Crippen LogP contribution in [0, 0.1) is 12.3 Å². The molecule has 4 aliphatic rings. The molecular weight excluding hydrogens is 474 g/mol. The number of benzene rings is 1. The standard InChI is InChI=1S/C30H37N7O/c1-18-33-25-14-20(16-32-27(25)34-18)19-6-7-26-21(13-19)17-37(11-12-38-26)29-22-15-30(2,3)9-8-23(22)35-28(36-29)24-5-4-10-31-24/h6-7,13-14,24,31-32H,4-5,8-12,15-17H2,1-3H3,(H,33,34). The number of nitrogens with one attached hydrogen (secondary N) is 3. The Bertz CT molecular complexity index is 1420. The molecule has 0 bridgehead atoms. The molecule has 5 heterocycles. The maximum Gasteiger partial charge on any atom is 0.152 e. The number of imidazole rings is 1. The number of aromatic nitrogens is 4. The number of ether oxygens (including phenoxy) is 1. The number of hydrogen-bond donors (Lipinski definition) is 3. The molecule has 38 heavy (non-hydrogen) atoms. The van der Waals surface area contributed by atoms with Crippen LogP contribution in [0.25, 0.3) is 11.6 Å². The van der Waals surface area contributed by atoms with E-state index in [-0.39, 0.29) is 11.5 Å². The maximum absolute atomic E-state index is 6.27. The second-order valence-electron chi connectivity index (χ2n) is 12.0. The van der Waals surface area contributed by atoms with Crippen molar-refractivity contribution in [2.24, 2.45) is 5.41 Å². The van der Waals surface area contributed by atoms with E-state index in [1.54, 1.807) is 0 Å². The fourth-order valence-corrected chi connectivity index (χ4v) is 6.38. The summed E-state index contributed by atoms with van der Waals surface area (Å²) in [7, 11) is 0. The fourth-order valence-electron chi connectivity index (χ4n) is 6.38. The number of nitrogens with zero attached hydrogens (tertiary/aromatic N) is 4. The zero-order valence-electron chi connectivity index (χ0n) is 22.7. The third-order valence-corrected chi connectivity index (χ3v) is 8.48.